The van der Waals surface area contributed by atoms with E-state index in [1.165, 1.54) is 6.07 Å². The summed E-state index contributed by atoms with van der Waals surface area (Å²) in [5.41, 5.74) is 2.31. The van der Waals surface area contributed by atoms with Gasteiger partial charge in [0.25, 0.3) is 11.6 Å². The smallest absolute Gasteiger partial charge is 0.293 e. The fourth-order valence-corrected chi connectivity index (χ4v) is 3.96. The Bertz CT molecular complexity index is 1030. The molecule has 1 saturated carbocycles. The number of benzene rings is 2. The molecule has 1 heterocycles. The topological polar surface area (TPSA) is 105 Å². The first-order valence-electron chi connectivity index (χ1n) is 11.1. The molecule has 2 aliphatic rings. The standard InChI is InChI=1S/C24H28N4O4/c1-16-9-11-27(12-10-16)21-8-7-19(14-22(21)28(31)32)23(29)25-15-17-3-2-4-20(13-17)26-24(30)18-5-6-18/h2-4,7-8,13-14,16,18H,5-6,9-12,15H2,1H3,(H,25,29)(H,26,30). The number of rotatable bonds is 7. The molecule has 0 bridgehead atoms. The number of amides is 2. The molecule has 2 N–H and O–H groups in total. The van der Waals surface area contributed by atoms with Gasteiger partial charge >= 0.3 is 0 Å². The molecule has 0 spiro atoms. The number of nitro benzene ring substituents is 1. The van der Waals surface area contributed by atoms with Gasteiger partial charge in [-0.15, -0.1) is 0 Å². The Labute approximate surface area is 187 Å². The zero-order valence-electron chi connectivity index (χ0n) is 18.2. The van der Waals surface area contributed by atoms with Crippen molar-refractivity contribution in [2.75, 3.05) is 23.3 Å². The number of nitro groups is 1. The molecule has 32 heavy (non-hydrogen) atoms. The number of nitrogens with zero attached hydrogens (tertiary/aromatic N) is 2. The second kappa shape index (κ2) is 9.38. The van der Waals surface area contributed by atoms with Crippen LogP contribution in [0.2, 0.25) is 0 Å². The van der Waals surface area contributed by atoms with Crippen molar-refractivity contribution in [1.29, 1.82) is 0 Å². The fraction of sp³-hybridized carbons (Fsp3) is 0.417. The van der Waals surface area contributed by atoms with E-state index in [1.54, 1.807) is 12.1 Å². The van der Waals surface area contributed by atoms with Crippen LogP contribution in [0.25, 0.3) is 0 Å². The summed E-state index contributed by atoms with van der Waals surface area (Å²) >= 11 is 0. The maximum absolute atomic E-state index is 12.7. The summed E-state index contributed by atoms with van der Waals surface area (Å²) in [6.07, 6.45) is 3.87. The van der Waals surface area contributed by atoms with E-state index in [1.807, 2.05) is 29.2 Å². The Morgan fingerprint density at radius 2 is 1.84 bits per heavy atom. The third-order valence-corrected chi connectivity index (χ3v) is 6.15. The predicted octanol–water partition coefficient (Wildman–Crippen LogP) is 4.11. The molecular formula is C24H28N4O4. The highest BCUT2D eigenvalue weighted by atomic mass is 16.6. The monoisotopic (exact) mass is 436 g/mol. The summed E-state index contributed by atoms with van der Waals surface area (Å²) in [7, 11) is 0. The van der Waals surface area contributed by atoms with Crippen LogP contribution >= 0.6 is 0 Å². The van der Waals surface area contributed by atoms with Crippen molar-refractivity contribution < 1.29 is 14.5 Å². The maximum atomic E-state index is 12.7. The molecule has 2 fully saturated rings. The first-order valence-corrected chi connectivity index (χ1v) is 11.1. The third kappa shape index (κ3) is 5.25. The Morgan fingerprint density at radius 1 is 1.09 bits per heavy atom. The zero-order valence-corrected chi connectivity index (χ0v) is 18.2. The van der Waals surface area contributed by atoms with Gasteiger partial charge in [-0.05, 0) is 61.4 Å². The summed E-state index contributed by atoms with van der Waals surface area (Å²) in [5.74, 6) is 0.391. The van der Waals surface area contributed by atoms with E-state index < -0.39 is 4.92 Å². The highest BCUT2D eigenvalue weighted by Crippen LogP contribution is 2.32. The van der Waals surface area contributed by atoms with Crippen LogP contribution in [0.3, 0.4) is 0 Å². The van der Waals surface area contributed by atoms with E-state index in [-0.39, 0.29) is 35.5 Å². The maximum Gasteiger partial charge on any atom is 0.293 e. The van der Waals surface area contributed by atoms with Gasteiger partial charge in [-0.3, -0.25) is 19.7 Å². The van der Waals surface area contributed by atoms with Gasteiger partial charge in [0, 0.05) is 42.9 Å². The fourth-order valence-electron chi connectivity index (χ4n) is 3.96. The van der Waals surface area contributed by atoms with Crippen LogP contribution < -0.4 is 15.5 Å². The van der Waals surface area contributed by atoms with E-state index in [9.17, 15) is 19.7 Å². The number of carbonyl (C=O) groups is 2. The summed E-state index contributed by atoms with van der Waals surface area (Å²) in [4.78, 5) is 37.9. The number of hydrogen-bond acceptors (Lipinski definition) is 5. The van der Waals surface area contributed by atoms with Crippen molar-refractivity contribution >= 4 is 28.9 Å². The number of hydrogen-bond donors (Lipinski definition) is 2. The van der Waals surface area contributed by atoms with E-state index in [2.05, 4.69) is 17.6 Å². The molecule has 0 atom stereocenters. The van der Waals surface area contributed by atoms with Crippen molar-refractivity contribution in [1.82, 2.24) is 5.32 Å². The summed E-state index contributed by atoms with van der Waals surface area (Å²) in [6.45, 7) is 4.00. The van der Waals surface area contributed by atoms with Gasteiger partial charge in [-0.25, -0.2) is 0 Å². The largest absolute Gasteiger partial charge is 0.366 e. The minimum absolute atomic E-state index is 0.0294. The molecule has 8 heteroatoms. The normalized spacial score (nSPS) is 16.5. The highest BCUT2D eigenvalue weighted by molar-refractivity contribution is 5.96. The van der Waals surface area contributed by atoms with Gasteiger partial charge < -0.3 is 15.5 Å². The molecule has 0 radical (unpaired) electrons. The van der Waals surface area contributed by atoms with Gasteiger partial charge in [-0.2, -0.15) is 0 Å². The molecule has 2 amide bonds. The third-order valence-electron chi connectivity index (χ3n) is 6.15. The average molecular weight is 437 g/mol. The molecular weight excluding hydrogens is 408 g/mol. The molecule has 1 saturated heterocycles. The minimum atomic E-state index is -0.420. The lowest BCUT2D eigenvalue weighted by atomic mass is 9.98. The molecule has 0 unspecified atom stereocenters. The van der Waals surface area contributed by atoms with Gasteiger partial charge in [0.2, 0.25) is 5.91 Å². The lowest BCUT2D eigenvalue weighted by Gasteiger charge is -2.31. The van der Waals surface area contributed by atoms with Crippen molar-refractivity contribution in [3.8, 4) is 0 Å². The Kier molecular flexibility index (Phi) is 6.39. The van der Waals surface area contributed by atoms with Gasteiger partial charge in [-0.1, -0.05) is 19.1 Å². The lowest BCUT2D eigenvalue weighted by molar-refractivity contribution is -0.384. The molecule has 1 aliphatic carbocycles. The van der Waals surface area contributed by atoms with Crippen molar-refractivity contribution in [3.05, 3.63) is 63.7 Å². The number of anilines is 2. The number of piperidine rings is 1. The van der Waals surface area contributed by atoms with E-state index in [0.717, 1.165) is 44.3 Å². The quantitative estimate of drug-likeness (QED) is 0.502. The van der Waals surface area contributed by atoms with Crippen LogP contribution in [0.5, 0.6) is 0 Å². The highest BCUT2D eigenvalue weighted by Gasteiger charge is 2.29. The van der Waals surface area contributed by atoms with Crippen molar-refractivity contribution in [2.24, 2.45) is 11.8 Å². The predicted molar refractivity (Wildman–Crippen MR) is 123 cm³/mol. The molecule has 2 aromatic rings. The Morgan fingerprint density at radius 3 is 2.53 bits per heavy atom. The second-order valence-corrected chi connectivity index (χ2v) is 8.78. The van der Waals surface area contributed by atoms with Crippen LogP contribution in [0.15, 0.2) is 42.5 Å². The SMILES string of the molecule is CC1CCN(c2ccc(C(=O)NCc3cccc(NC(=O)C4CC4)c3)cc2[N+](=O)[O-])CC1. The summed E-state index contributed by atoms with van der Waals surface area (Å²) < 4.78 is 0. The summed E-state index contributed by atoms with van der Waals surface area (Å²) in [6, 6.07) is 12.0. The van der Waals surface area contributed by atoms with Crippen LogP contribution in [0.4, 0.5) is 17.1 Å². The molecule has 1 aliphatic heterocycles. The minimum Gasteiger partial charge on any atom is -0.366 e. The van der Waals surface area contributed by atoms with E-state index >= 15 is 0 Å². The van der Waals surface area contributed by atoms with Crippen molar-refractivity contribution in [3.63, 3.8) is 0 Å². The van der Waals surface area contributed by atoms with Crippen molar-refractivity contribution in [2.45, 2.75) is 39.2 Å². The number of carbonyl (C=O) groups excluding carboxylic acids is 2. The van der Waals surface area contributed by atoms with Gasteiger partial charge in [0.1, 0.15) is 5.69 Å². The molecule has 168 valence electrons. The Hall–Kier alpha value is -3.42. The van der Waals surface area contributed by atoms with E-state index in [4.69, 9.17) is 0 Å². The number of nitrogens with one attached hydrogen (secondary N) is 2. The van der Waals surface area contributed by atoms with Crippen LogP contribution in [0.1, 0.15) is 48.5 Å². The average Bonchev–Trinajstić information content (AvgIpc) is 3.63. The molecule has 8 nitrogen and oxygen atoms in total. The molecule has 4 rings (SSSR count). The van der Waals surface area contributed by atoms with Gasteiger partial charge in [0.05, 0.1) is 4.92 Å². The second-order valence-electron chi connectivity index (χ2n) is 8.78. The van der Waals surface area contributed by atoms with Crippen LogP contribution in [-0.2, 0) is 11.3 Å². The van der Waals surface area contributed by atoms with Gasteiger partial charge in [0.15, 0.2) is 0 Å². The van der Waals surface area contributed by atoms with Crippen LogP contribution in [-0.4, -0.2) is 29.8 Å². The molecule has 2 aromatic carbocycles. The zero-order chi connectivity index (χ0) is 22.7. The molecule has 0 aromatic heterocycles. The summed E-state index contributed by atoms with van der Waals surface area (Å²) in [5, 5.41) is 17.4. The first-order chi connectivity index (χ1) is 15.4. The van der Waals surface area contributed by atoms with Crippen LogP contribution in [0, 0.1) is 22.0 Å². The first kappa shape index (κ1) is 21.8. The Balaban J connectivity index is 1.41. The lowest BCUT2D eigenvalue weighted by Crippen LogP contribution is -2.33. The van der Waals surface area contributed by atoms with E-state index in [0.29, 0.717) is 17.3 Å².